The van der Waals surface area contributed by atoms with Crippen molar-refractivity contribution in [1.29, 1.82) is 0 Å². The topological polar surface area (TPSA) is 63.1 Å². The summed E-state index contributed by atoms with van der Waals surface area (Å²) in [6.07, 6.45) is -1.01. The Balaban J connectivity index is 1.74. The third-order valence-corrected chi connectivity index (χ3v) is 5.56. The molecule has 0 unspecified atom stereocenters. The molecule has 1 amide bonds. The van der Waals surface area contributed by atoms with E-state index in [1.54, 1.807) is 49.4 Å². The van der Waals surface area contributed by atoms with E-state index in [1.807, 2.05) is 0 Å². The van der Waals surface area contributed by atoms with Crippen molar-refractivity contribution in [3.63, 3.8) is 0 Å². The largest absolute Gasteiger partial charge is 0.419 e. The predicted molar refractivity (Wildman–Crippen MR) is 119 cm³/mol. The highest BCUT2D eigenvalue weighted by molar-refractivity contribution is 5.90. The number of aryl methyl sites for hydroxylation is 1. The van der Waals surface area contributed by atoms with Gasteiger partial charge in [-0.2, -0.15) is 18.3 Å². The van der Waals surface area contributed by atoms with Gasteiger partial charge in [0.15, 0.2) is 0 Å². The Morgan fingerprint density at radius 1 is 1.00 bits per heavy atom. The molecule has 9 heteroatoms. The first-order valence-electron chi connectivity index (χ1n) is 10.2. The fourth-order valence-corrected chi connectivity index (χ4v) is 4.12. The molecule has 0 saturated heterocycles. The van der Waals surface area contributed by atoms with Crippen molar-refractivity contribution >= 4 is 23.6 Å². The number of anilines is 3. The Kier molecular flexibility index (Phi) is 4.88. The average Bonchev–Trinajstić information content (AvgIpc) is 3.16. The lowest BCUT2D eigenvalue weighted by Gasteiger charge is -2.21. The van der Waals surface area contributed by atoms with E-state index < -0.39 is 11.7 Å². The molecule has 1 aliphatic rings. The van der Waals surface area contributed by atoms with Crippen LogP contribution in [0.1, 0.15) is 16.8 Å². The summed E-state index contributed by atoms with van der Waals surface area (Å²) >= 11 is 0. The SMILES string of the molecule is Cc1ccn(-c2cccc(-c3ccnc4c3CN(C=O)c3ccccc3N4)c2C(F)(F)F)n1. The van der Waals surface area contributed by atoms with Crippen LogP contribution >= 0.6 is 0 Å². The van der Waals surface area contributed by atoms with Crippen LogP contribution in [0.2, 0.25) is 0 Å². The van der Waals surface area contributed by atoms with Gasteiger partial charge in [-0.05, 0) is 48.4 Å². The van der Waals surface area contributed by atoms with Crippen molar-refractivity contribution in [3.8, 4) is 16.8 Å². The average molecular weight is 449 g/mol. The van der Waals surface area contributed by atoms with Crippen LogP contribution in [0.3, 0.4) is 0 Å². The molecule has 166 valence electrons. The quantitative estimate of drug-likeness (QED) is 0.421. The molecule has 2 aromatic heterocycles. The van der Waals surface area contributed by atoms with Gasteiger partial charge in [0, 0.05) is 18.0 Å². The highest BCUT2D eigenvalue weighted by Gasteiger charge is 2.38. The van der Waals surface area contributed by atoms with Gasteiger partial charge in [-0.3, -0.25) is 4.79 Å². The highest BCUT2D eigenvalue weighted by atomic mass is 19.4. The van der Waals surface area contributed by atoms with Crippen LogP contribution in [0.5, 0.6) is 0 Å². The first-order valence-corrected chi connectivity index (χ1v) is 10.2. The van der Waals surface area contributed by atoms with E-state index in [9.17, 15) is 18.0 Å². The van der Waals surface area contributed by atoms with E-state index in [0.29, 0.717) is 40.4 Å². The van der Waals surface area contributed by atoms with Crippen LogP contribution in [0.25, 0.3) is 16.8 Å². The Labute approximate surface area is 187 Å². The number of carbonyl (C=O) groups excluding carboxylic acids is 1. The molecule has 4 aromatic rings. The number of aromatic nitrogens is 3. The maximum Gasteiger partial charge on any atom is 0.419 e. The molecule has 0 fully saturated rings. The van der Waals surface area contributed by atoms with Gasteiger partial charge in [-0.15, -0.1) is 0 Å². The van der Waals surface area contributed by atoms with Crippen LogP contribution in [0, 0.1) is 6.92 Å². The van der Waals surface area contributed by atoms with E-state index in [-0.39, 0.29) is 17.8 Å². The van der Waals surface area contributed by atoms with Gasteiger partial charge in [0.1, 0.15) is 5.82 Å². The minimum atomic E-state index is -4.65. The second-order valence-corrected chi connectivity index (χ2v) is 7.66. The molecular weight excluding hydrogens is 431 g/mol. The fraction of sp³-hybridized carbons (Fsp3) is 0.125. The molecule has 5 rings (SSSR count). The third kappa shape index (κ3) is 3.61. The van der Waals surface area contributed by atoms with Gasteiger partial charge in [0.05, 0.1) is 34.9 Å². The molecule has 1 aliphatic heterocycles. The summed E-state index contributed by atoms with van der Waals surface area (Å²) in [6, 6.07) is 14.7. The molecule has 0 aliphatic carbocycles. The lowest BCUT2D eigenvalue weighted by molar-refractivity contribution is -0.137. The molecule has 0 radical (unpaired) electrons. The van der Waals surface area contributed by atoms with Crippen molar-refractivity contribution in [2.75, 3.05) is 10.2 Å². The van der Waals surface area contributed by atoms with E-state index in [0.717, 1.165) is 0 Å². The number of carbonyl (C=O) groups is 1. The number of alkyl halides is 3. The number of benzene rings is 2. The summed E-state index contributed by atoms with van der Waals surface area (Å²) in [4.78, 5) is 17.7. The number of fused-ring (bicyclic) bond motifs is 2. The zero-order valence-corrected chi connectivity index (χ0v) is 17.5. The smallest absolute Gasteiger partial charge is 0.338 e. The van der Waals surface area contributed by atoms with Crippen molar-refractivity contribution in [2.24, 2.45) is 0 Å². The van der Waals surface area contributed by atoms with E-state index in [1.165, 1.54) is 34.1 Å². The normalized spacial score (nSPS) is 13.0. The number of nitrogens with zero attached hydrogens (tertiary/aromatic N) is 4. The second-order valence-electron chi connectivity index (χ2n) is 7.66. The molecule has 1 N–H and O–H groups in total. The predicted octanol–water partition coefficient (Wildman–Crippen LogP) is 5.48. The van der Waals surface area contributed by atoms with Crippen LogP contribution in [0.4, 0.5) is 30.4 Å². The Bertz CT molecular complexity index is 1360. The van der Waals surface area contributed by atoms with Gasteiger partial charge >= 0.3 is 6.18 Å². The maximum absolute atomic E-state index is 14.4. The summed E-state index contributed by atoms with van der Waals surface area (Å²) < 4.78 is 44.5. The summed E-state index contributed by atoms with van der Waals surface area (Å²) in [7, 11) is 0. The van der Waals surface area contributed by atoms with Crippen LogP contribution < -0.4 is 10.2 Å². The summed E-state index contributed by atoms with van der Waals surface area (Å²) in [5.41, 5.74) is 1.81. The standard InChI is InChI=1S/C24H18F3N5O/c1-15-10-12-32(30-15)21-8-4-5-17(22(21)24(25,26)27)16-9-11-28-23-18(16)13-31(14-33)20-7-3-2-6-19(20)29-23/h2-12,14H,13H2,1H3,(H,28,29). The molecule has 2 aromatic carbocycles. The van der Waals surface area contributed by atoms with Crippen LogP contribution in [-0.4, -0.2) is 21.2 Å². The van der Waals surface area contributed by atoms with Crippen molar-refractivity contribution in [2.45, 2.75) is 19.6 Å². The molecule has 6 nitrogen and oxygen atoms in total. The molecule has 3 heterocycles. The first-order chi connectivity index (χ1) is 15.9. The van der Waals surface area contributed by atoms with Crippen molar-refractivity contribution in [3.05, 3.63) is 83.8 Å². The Hall–Kier alpha value is -4.14. The van der Waals surface area contributed by atoms with Gasteiger partial charge in [-0.1, -0.05) is 24.3 Å². The summed E-state index contributed by atoms with van der Waals surface area (Å²) in [5, 5.41) is 7.36. The van der Waals surface area contributed by atoms with Gasteiger partial charge in [0.2, 0.25) is 6.41 Å². The van der Waals surface area contributed by atoms with E-state index in [4.69, 9.17) is 0 Å². The zero-order valence-electron chi connectivity index (χ0n) is 17.5. The minimum absolute atomic E-state index is 0.00888. The zero-order chi connectivity index (χ0) is 23.2. The summed E-state index contributed by atoms with van der Waals surface area (Å²) in [5.74, 6) is 0.401. The number of hydrogen-bond donors (Lipinski definition) is 1. The lowest BCUT2D eigenvalue weighted by Crippen LogP contribution is -2.20. The molecule has 33 heavy (non-hydrogen) atoms. The number of halogens is 3. The van der Waals surface area contributed by atoms with Crippen molar-refractivity contribution < 1.29 is 18.0 Å². The summed E-state index contributed by atoms with van der Waals surface area (Å²) in [6.45, 7) is 1.78. The fourth-order valence-electron chi connectivity index (χ4n) is 4.12. The van der Waals surface area contributed by atoms with Crippen LogP contribution in [0.15, 0.2) is 67.0 Å². The number of hydrogen-bond acceptors (Lipinski definition) is 4. The third-order valence-electron chi connectivity index (χ3n) is 5.56. The highest BCUT2D eigenvalue weighted by Crippen LogP contribution is 2.44. The van der Waals surface area contributed by atoms with E-state index >= 15 is 0 Å². The number of amides is 1. The minimum Gasteiger partial charge on any atom is -0.338 e. The number of pyridine rings is 1. The second kappa shape index (κ2) is 7.77. The Morgan fingerprint density at radius 3 is 2.52 bits per heavy atom. The van der Waals surface area contributed by atoms with Gasteiger partial charge in [-0.25, -0.2) is 9.67 Å². The monoisotopic (exact) mass is 449 g/mol. The number of para-hydroxylation sites is 2. The Morgan fingerprint density at radius 2 is 1.79 bits per heavy atom. The van der Waals surface area contributed by atoms with Gasteiger partial charge < -0.3 is 10.2 Å². The molecular formula is C24H18F3N5O. The molecule has 0 spiro atoms. The lowest BCUT2D eigenvalue weighted by atomic mass is 9.94. The van der Waals surface area contributed by atoms with Crippen LogP contribution in [-0.2, 0) is 17.5 Å². The first kappa shape index (κ1) is 20.7. The number of nitrogens with one attached hydrogen (secondary N) is 1. The number of rotatable bonds is 3. The van der Waals surface area contributed by atoms with Gasteiger partial charge in [0.25, 0.3) is 0 Å². The molecule has 0 bridgehead atoms. The molecule has 0 atom stereocenters. The molecule has 0 saturated carbocycles. The van der Waals surface area contributed by atoms with Crippen molar-refractivity contribution in [1.82, 2.24) is 14.8 Å². The van der Waals surface area contributed by atoms with E-state index in [2.05, 4.69) is 15.4 Å². The maximum atomic E-state index is 14.4.